The van der Waals surface area contributed by atoms with Crippen molar-refractivity contribution in [3.05, 3.63) is 35.9 Å². The Labute approximate surface area is 120 Å². The lowest BCUT2D eigenvalue weighted by Gasteiger charge is -2.19. The molecule has 0 unspecified atom stereocenters. The van der Waals surface area contributed by atoms with Gasteiger partial charge in [0.1, 0.15) is 0 Å². The highest BCUT2D eigenvalue weighted by Crippen LogP contribution is 2.43. The maximum absolute atomic E-state index is 11.1. The van der Waals surface area contributed by atoms with Crippen molar-refractivity contribution < 1.29 is 13.0 Å². The number of rotatable bonds is 4. The molecule has 0 aromatic heterocycles. The van der Waals surface area contributed by atoms with E-state index in [1.165, 1.54) is 5.56 Å². The summed E-state index contributed by atoms with van der Waals surface area (Å²) in [6.07, 6.45) is 2.03. The lowest BCUT2D eigenvalue weighted by Crippen LogP contribution is -2.25. The fourth-order valence-electron chi connectivity index (χ4n) is 3.92. The molecule has 0 bridgehead atoms. The van der Waals surface area contributed by atoms with Gasteiger partial charge in [-0.25, -0.2) is 0 Å². The van der Waals surface area contributed by atoms with Crippen molar-refractivity contribution in [2.24, 2.45) is 17.8 Å². The Morgan fingerprint density at radius 1 is 1.15 bits per heavy atom. The largest absolute Gasteiger partial charge is 0.299 e. The zero-order valence-corrected chi connectivity index (χ0v) is 12.3. The molecule has 2 aliphatic rings. The molecule has 1 saturated heterocycles. The third-order valence-electron chi connectivity index (χ3n) is 4.75. The van der Waals surface area contributed by atoms with Crippen LogP contribution in [0, 0.1) is 17.8 Å². The first-order valence-corrected chi connectivity index (χ1v) is 8.83. The highest BCUT2D eigenvalue weighted by Gasteiger charge is 2.43. The van der Waals surface area contributed by atoms with Gasteiger partial charge in [0.25, 0.3) is 10.1 Å². The predicted molar refractivity (Wildman–Crippen MR) is 77.8 cm³/mol. The number of benzene rings is 1. The van der Waals surface area contributed by atoms with Crippen LogP contribution in [0.3, 0.4) is 0 Å². The van der Waals surface area contributed by atoms with Crippen molar-refractivity contribution in [2.45, 2.75) is 19.4 Å². The zero-order chi connectivity index (χ0) is 14.2. The summed E-state index contributed by atoms with van der Waals surface area (Å²) in [5.74, 6) is 1.11. The maximum atomic E-state index is 11.1. The minimum absolute atomic E-state index is 0.0622. The van der Waals surface area contributed by atoms with Gasteiger partial charge >= 0.3 is 0 Å². The van der Waals surface area contributed by atoms with Crippen molar-refractivity contribution in [3.8, 4) is 0 Å². The molecule has 1 saturated carbocycles. The molecule has 3 rings (SSSR count). The molecule has 1 aliphatic carbocycles. The molecule has 1 aromatic carbocycles. The van der Waals surface area contributed by atoms with Crippen LogP contribution in [-0.2, 0) is 16.7 Å². The van der Waals surface area contributed by atoms with Gasteiger partial charge in [0.2, 0.25) is 0 Å². The van der Waals surface area contributed by atoms with Crippen LogP contribution in [0.15, 0.2) is 30.3 Å². The van der Waals surface area contributed by atoms with Crippen molar-refractivity contribution in [2.75, 3.05) is 18.8 Å². The van der Waals surface area contributed by atoms with Crippen LogP contribution in [0.5, 0.6) is 0 Å². The molecule has 110 valence electrons. The molecule has 4 nitrogen and oxygen atoms in total. The van der Waals surface area contributed by atoms with Crippen LogP contribution >= 0.6 is 0 Å². The van der Waals surface area contributed by atoms with Crippen LogP contribution in [0.1, 0.15) is 18.4 Å². The van der Waals surface area contributed by atoms with E-state index < -0.39 is 10.1 Å². The van der Waals surface area contributed by atoms with E-state index in [-0.39, 0.29) is 11.7 Å². The van der Waals surface area contributed by atoms with Gasteiger partial charge in [-0.15, -0.1) is 0 Å². The molecular weight excluding hydrogens is 274 g/mol. The second-order valence-corrected chi connectivity index (χ2v) is 7.69. The van der Waals surface area contributed by atoms with Crippen molar-refractivity contribution in [1.82, 2.24) is 4.90 Å². The Morgan fingerprint density at radius 3 is 2.60 bits per heavy atom. The van der Waals surface area contributed by atoms with Crippen LogP contribution in [0.4, 0.5) is 0 Å². The Hall–Kier alpha value is -0.910. The molecule has 20 heavy (non-hydrogen) atoms. The predicted octanol–water partition coefficient (Wildman–Crippen LogP) is 2.03. The van der Waals surface area contributed by atoms with E-state index in [4.69, 9.17) is 4.55 Å². The van der Waals surface area contributed by atoms with Crippen molar-refractivity contribution in [3.63, 3.8) is 0 Å². The summed E-state index contributed by atoms with van der Waals surface area (Å²) in [6.45, 7) is 2.95. The van der Waals surface area contributed by atoms with E-state index in [2.05, 4.69) is 17.0 Å². The second-order valence-electron chi connectivity index (χ2n) is 6.19. The minimum Gasteiger partial charge on any atom is -0.299 e. The Morgan fingerprint density at radius 2 is 1.90 bits per heavy atom. The Balaban J connectivity index is 1.62. The standard InChI is InChI=1S/C15H21NO3S/c17-20(18,19)11-14-7-6-13-9-16(10-15(13)14)8-12-4-2-1-3-5-12/h1-5,13-15H,6-11H2,(H,17,18,19)/t13-,14+,15-/m0/s1. The highest BCUT2D eigenvalue weighted by molar-refractivity contribution is 7.85. The third-order valence-corrected chi connectivity index (χ3v) is 5.60. The van der Waals surface area contributed by atoms with E-state index in [0.717, 1.165) is 32.5 Å². The first kappa shape index (κ1) is 14.0. The van der Waals surface area contributed by atoms with Crippen LogP contribution in [0.25, 0.3) is 0 Å². The highest BCUT2D eigenvalue weighted by atomic mass is 32.2. The minimum atomic E-state index is -3.84. The summed E-state index contributed by atoms with van der Waals surface area (Å²) in [5.41, 5.74) is 1.30. The number of fused-ring (bicyclic) bond motifs is 1. The molecule has 1 heterocycles. The quantitative estimate of drug-likeness (QED) is 0.864. The first-order chi connectivity index (χ1) is 9.51. The van der Waals surface area contributed by atoms with Gasteiger partial charge in [0.05, 0.1) is 5.75 Å². The van der Waals surface area contributed by atoms with E-state index in [1.54, 1.807) is 0 Å². The van der Waals surface area contributed by atoms with Crippen LogP contribution in [0.2, 0.25) is 0 Å². The lowest BCUT2D eigenvalue weighted by atomic mass is 9.94. The van der Waals surface area contributed by atoms with Crippen molar-refractivity contribution >= 4 is 10.1 Å². The van der Waals surface area contributed by atoms with Crippen LogP contribution < -0.4 is 0 Å². The number of nitrogens with zero attached hydrogens (tertiary/aromatic N) is 1. The van der Waals surface area contributed by atoms with Gasteiger partial charge in [0.15, 0.2) is 0 Å². The van der Waals surface area contributed by atoms with E-state index in [1.807, 2.05) is 18.2 Å². The molecule has 5 heteroatoms. The topological polar surface area (TPSA) is 57.6 Å². The second kappa shape index (κ2) is 5.47. The Kier molecular flexibility index (Phi) is 3.84. The number of hydrogen-bond donors (Lipinski definition) is 1. The smallest absolute Gasteiger partial charge is 0.265 e. The van der Waals surface area contributed by atoms with E-state index in [0.29, 0.717) is 11.8 Å². The average Bonchev–Trinajstić information content (AvgIpc) is 2.91. The van der Waals surface area contributed by atoms with Gasteiger partial charge in [-0.05, 0) is 36.2 Å². The summed E-state index contributed by atoms with van der Waals surface area (Å²) in [7, 11) is -3.84. The van der Waals surface area contributed by atoms with Gasteiger partial charge < -0.3 is 0 Å². The Bertz CT molecular complexity index is 558. The first-order valence-electron chi connectivity index (χ1n) is 7.23. The molecule has 1 aromatic rings. The molecule has 0 radical (unpaired) electrons. The van der Waals surface area contributed by atoms with Gasteiger partial charge in [-0.3, -0.25) is 9.45 Å². The van der Waals surface area contributed by atoms with Gasteiger partial charge in [-0.1, -0.05) is 30.3 Å². The number of likely N-dealkylation sites (tertiary alicyclic amines) is 1. The van der Waals surface area contributed by atoms with Gasteiger partial charge in [0, 0.05) is 19.6 Å². The third kappa shape index (κ3) is 3.22. The summed E-state index contributed by atoms with van der Waals surface area (Å²) >= 11 is 0. The maximum Gasteiger partial charge on any atom is 0.265 e. The molecular formula is C15H21NO3S. The molecule has 2 fully saturated rings. The molecule has 0 amide bonds. The summed E-state index contributed by atoms with van der Waals surface area (Å²) in [5, 5.41) is 0. The molecule has 1 N–H and O–H groups in total. The van der Waals surface area contributed by atoms with E-state index >= 15 is 0 Å². The number of hydrogen-bond acceptors (Lipinski definition) is 3. The summed E-state index contributed by atoms with van der Waals surface area (Å²) in [4.78, 5) is 2.42. The average molecular weight is 295 g/mol. The lowest BCUT2D eigenvalue weighted by molar-refractivity contribution is 0.287. The van der Waals surface area contributed by atoms with Gasteiger partial charge in [-0.2, -0.15) is 8.42 Å². The normalized spacial score (nSPS) is 30.6. The zero-order valence-electron chi connectivity index (χ0n) is 11.5. The molecule has 1 aliphatic heterocycles. The SMILES string of the molecule is O=S(=O)(O)C[C@H]1CC[C@H]2CN(Cc3ccccc3)C[C@H]12. The molecule has 0 spiro atoms. The van der Waals surface area contributed by atoms with E-state index in [9.17, 15) is 8.42 Å². The monoisotopic (exact) mass is 295 g/mol. The van der Waals surface area contributed by atoms with Crippen LogP contribution in [-0.4, -0.2) is 36.7 Å². The summed E-state index contributed by atoms with van der Waals surface area (Å²) in [6, 6.07) is 10.4. The van der Waals surface area contributed by atoms with Crippen molar-refractivity contribution in [1.29, 1.82) is 0 Å². The fraction of sp³-hybridized carbons (Fsp3) is 0.600. The molecule has 3 atom stereocenters. The summed E-state index contributed by atoms with van der Waals surface area (Å²) < 4.78 is 31.2. The fourth-order valence-corrected chi connectivity index (χ4v) is 4.87.